The van der Waals surface area contributed by atoms with E-state index in [1.807, 2.05) is 0 Å². The second kappa shape index (κ2) is 4.99. The summed E-state index contributed by atoms with van der Waals surface area (Å²) >= 11 is 5.75. The average molecular weight is 247 g/mol. The van der Waals surface area contributed by atoms with Gasteiger partial charge >= 0.3 is 0 Å². The maximum Gasteiger partial charge on any atom is 0.193 e. The highest BCUT2D eigenvalue weighted by Gasteiger charge is 2.08. The van der Waals surface area contributed by atoms with Crippen LogP contribution in [0.5, 0.6) is 0 Å². The third-order valence-corrected chi connectivity index (χ3v) is 2.62. The van der Waals surface area contributed by atoms with Crippen LogP contribution in [0.2, 0.25) is 5.02 Å². The van der Waals surface area contributed by atoms with Crippen LogP contribution in [0.1, 0.15) is 15.9 Å². The van der Waals surface area contributed by atoms with Crippen LogP contribution in [0.15, 0.2) is 48.5 Å². The van der Waals surface area contributed by atoms with Crippen LogP contribution < -0.4 is 5.48 Å². The van der Waals surface area contributed by atoms with Gasteiger partial charge in [0.15, 0.2) is 5.78 Å². The zero-order valence-electron chi connectivity index (χ0n) is 8.81. The molecule has 1 N–H and O–H groups in total. The van der Waals surface area contributed by atoms with Crippen LogP contribution in [-0.4, -0.2) is 5.78 Å². The first-order chi connectivity index (χ1) is 8.20. The molecule has 0 aliphatic carbocycles. The Morgan fingerprint density at radius 2 is 1.41 bits per heavy atom. The Labute approximate surface area is 104 Å². The van der Waals surface area contributed by atoms with Gasteiger partial charge in [-0.1, -0.05) is 11.6 Å². The molecule has 3 nitrogen and oxygen atoms in total. The topological polar surface area (TPSA) is 52.2 Å². The molecule has 17 heavy (non-hydrogen) atoms. The molecule has 0 radical (unpaired) electrons. The molecule has 0 saturated heterocycles. The quantitative estimate of drug-likeness (QED) is 0.666. The normalized spacial score (nSPS) is 10.0. The minimum Gasteiger partial charge on any atom is -0.761 e. The van der Waals surface area contributed by atoms with Crippen molar-refractivity contribution in [1.82, 2.24) is 0 Å². The average Bonchev–Trinajstić information content (AvgIpc) is 2.39. The van der Waals surface area contributed by atoms with Gasteiger partial charge in [-0.05, 0) is 48.5 Å². The van der Waals surface area contributed by atoms with Gasteiger partial charge in [0.25, 0.3) is 0 Å². The van der Waals surface area contributed by atoms with E-state index in [1.54, 1.807) is 54.0 Å². The van der Waals surface area contributed by atoms with E-state index >= 15 is 0 Å². The van der Waals surface area contributed by atoms with Crippen molar-refractivity contribution in [3.63, 3.8) is 0 Å². The zero-order chi connectivity index (χ0) is 12.3. The Morgan fingerprint density at radius 1 is 0.941 bits per heavy atom. The lowest BCUT2D eigenvalue weighted by atomic mass is 10.0. The van der Waals surface area contributed by atoms with Crippen molar-refractivity contribution in [2.75, 3.05) is 5.48 Å². The third kappa shape index (κ3) is 2.64. The molecule has 0 amide bonds. The molecule has 0 bridgehead atoms. The maximum absolute atomic E-state index is 12.0. The van der Waals surface area contributed by atoms with Gasteiger partial charge in [-0.2, -0.15) is 0 Å². The molecule has 0 saturated carbocycles. The molecular formula is C13H9ClNO2-. The number of anilines is 1. The molecule has 0 unspecified atom stereocenters. The Balaban J connectivity index is 2.27. The molecule has 0 aliphatic rings. The summed E-state index contributed by atoms with van der Waals surface area (Å²) in [5, 5.41) is 11.0. The van der Waals surface area contributed by atoms with Gasteiger partial charge in [0.2, 0.25) is 0 Å². The van der Waals surface area contributed by atoms with Gasteiger partial charge < -0.3 is 10.7 Å². The van der Waals surface area contributed by atoms with Crippen LogP contribution in [0.3, 0.4) is 0 Å². The van der Waals surface area contributed by atoms with Gasteiger partial charge in [0.05, 0.1) is 0 Å². The van der Waals surface area contributed by atoms with Crippen molar-refractivity contribution in [1.29, 1.82) is 0 Å². The first-order valence-corrected chi connectivity index (χ1v) is 5.37. The first-order valence-electron chi connectivity index (χ1n) is 4.99. The number of carbonyl (C=O) groups excluding carboxylic acids is 1. The van der Waals surface area contributed by atoms with Crippen molar-refractivity contribution in [2.24, 2.45) is 0 Å². The van der Waals surface area contributed by atoms with Crippen molar-refractivity contribution < 1.29 is 4.79 Å². The minimum atomic E-state index is -0.0980. The van der Waals surface area contributed by atoms with E-state index in [1.165, 1.54) is 0 Å². The second-order valence-corrected chi connectivity index (χ2v) is 3.95. The zero-order valence-corrected chi connectivity index (χ0v) is 9.57. The molecular weight excluding hydrogens is 238 g/mol. The Kier molecular flexibility index (Phi) is 3.42. The van der Waals surface area contributed by atoms with Crippen LogP contribution in [0.4, 0.5) is 5.69 Å². The van der Waals surface area contributed by atoms with Gasteiger partial charge in [0, 0.05) is 21.8 Å². The van der Waals surface area contributed by atoms with Crippen LogP contribution >= 0.6 is 11.6 Å². The van der Waals surface area contributed by atoms with E-state index in [0.717, 1.165) is 0 Å². The summed E-state index contributed by atoms with van der Waals surface area (Å²) in [6.45, 7) is 0. The van der Waals surface area contributed by atoms with Crippen molar-refractivity contribution in [3.05, 3.63) is 69.9 Å². The Hall–Kier alpha value is -1.84. The smallest absolute Gasteiger partial charge is 0.193 e. The lowest BCUT2D eigenvalue weighted by Crippen LogP contribution is -2.00. The molecule has 0 aromatic heterocycles. The minimum absolute atomic E-state index is 0.0980. The maximum atomic E-state index is 12.0. The van der Waals surface area contributed by atoms with E-state index in [4.69, 9.17) is 11.6 Å². The van der Waals surface area contributed by atoms with E-state index in [9.17, 15) is 10.0 Å². The molecule has 0 fully saturated rings. The van der Waals surface area contributed by atoms with Gasteiger partial charge in [-0.3, -0.25) is 4.79 Å². The molecule has 2 aromatic rings. The highest BCUT2D eigenvalue weighted by atomic mass is 35.5. The number of nitrogens with one attached hydrogen (secondary N) is 1. The van der Waals surface area contributed by atoms with Crippen LogP contribution in [-0.2, 0) is 0 Å². The third-order valence-electron chi connectivity index (χ3n) is 2.37. The fourth-order valence-electron chi connectivity index (χ4n) is 1.46. The van der Waals surface area contributed by atoms with Crippen LogP contribution in [0, 0.1) is 5.21 Å². The summed E-state index contributed by atoms with van der Waals surface area (Å²) in [6, 6.07) is 13.0. The number of rotatable bonds is 3. The SMILES string of the molecule is O=C(c1ccc(Cl)cc1)c1ccc(N[O-])cc1. The summed E-state index contributed by atoms with van der Waals surface area (Å²) in [5.74, 6) is -0.0980. The summed E-state index contributed by atoms with van der Waals surface area (Å²) < 4.78 is 0. The highest BCUT2D eigenvalue weighted by molar-refractivity contribution is 6.30. The Bertz CT molecular complexity index is 520. The summed E-state index contributed by atoms with van der Waals surface area (Å²) in [7, 11) is 0. The molecule has 0 heterocycles. The van der Waals surface area contributed by atoms with Gasteiger partial charge in [0.1, 0.15) is 0 Å². The highest BCUT2D eigenvalue weighted by Crippen LogP contribution is 2.15. The summed E-state index contributed by atoms with van der Waals surface area (Å²) in [5.41, 5.74) is 3.29. The monoisotopic (exact) mass is 246 g/mol. The Morgan fingerprint density at radius 3 is 1.88 bits per heavy atom. The van der Waals surface area contributed by atoms with Crippen molar-refractivity contribution in [3.8, 4) is 0 Å². The standard InChI is InChI=1S/C13H9ClNO2/c14-11-5-1-9(2-6-11)13(16)10-3-7-12(15-17)8-4-10/h1-8,15H/q-1. The molecule has 2 aromatic carbocycles. The van der Waals surface area contributed by atoms with Crippen LogP contribution in [0.25, 0.3) is 0 Å². The van der Waals surface area contributed by atoms with Gasteiger partial charge in [-0.25, -0.2) is 0 Å². The van der Waals surface area contributed by atoms with E-state index < -0.39 is 0 Å². The fourth-order valence-corrected chi connectivity index (χ4v) is 1.58. The number of hydrogen-bond acceptors (Lipinski definition) is 3. The van der Waals surface area contributed by atoms with E-state index in [2.05, 4.69) is 0 Å². The summed E-state index contributed by atoms with van der Waals surface area (Å²) in [6.07, 6.45) is 0. The predicted octanol–water partition coefficient (Wildman–Crippen LogP) is 3.48. The number of hydrogen-bond donors (Lipinski definition) is 1. The predicted molar refractivity (Wildman–Crippen MR) is 68.3 cm³/mol. The fraction of sp³-hybridized carbons (Fsp3) is 0. The van der Waals surface area contributed by atoms with Crippen molar-refractivity contribution in [2.45, 2.75) is 0 Å². The number of halogens is 1. The van der Waals surface area contributed by atoms with Gasteiger partial charge in [-0.15, -0.1) is 0 Å². The molecule has 0 aliphatic heterocycles. The number of ketones is 1. The van der Waals surface area contributed by atoms with E-state index in [-0.39, 0.29) is 5.78 Å². The number of carbonyl (C=O) groups is 1. The summed E-state index contributed by atoms with van der Waals surface area (Å²) in [4.78, 5) is 12.0. The lowest BCUT2D eigenvalue weighted by Gasteiger charge is -2.09. The first kappa shape index (κ1) is 11.6. The lowest BCUT2D eigenvalue weighted by molar-refractivity contribution is 0.103. The molecule has 0 spiro atoms. The molecule has 0 atom stereocenters. The van der Waals surface area contributed by atoms with Crippen molar-refractivity contribution >= 4 is 23.1 Å². The van der Waals surface area contributed by atoms with E-state index in [0.29, 0.717) is 21.8 Å². The number of benzene rings is 2. The molecule has 4 heteroatoms. The second-order valence-electron chi connectivity index (χ2n) is 3.52. The molecule has 86 valence electrons. The largest absolute Gasteiger partial charge is 0.761 e. The molecule has 2 rings (SSSR count).